The van der Waals surface area contributed by atoms with Gasteiger partial charge in [0.05, 0.1) is 22.9 Å². The number of carbonyl (C=O) groups is 1. The Hall–Kier alpha value is -2.08. The van der Waals surface area contributed by atoms with E-state index in [1.165, 1.54) is 11.3 Å². The quantitative estimate of drug-likeness (QED) is 0.860. The molecule has 21 heavy (non-hydrogen) atoms. The number of rotatable bonds is 6. The molecule has 2 aromatic rings. The number of hydrogen-bond donors (Lipinski definition) is 2. The molecule has 1 amide bonds. The molecule has 0 spiro atoms. The fourth-order valence-corrected chi connectivity index (χ4v) is 3.06. The summed E-state index contributed by atoms with van der Waals surface area (Å²) in [5.74, 6) is -0.111. The van der Waals surface area contributed by atoms with Crippen molar-refractivity contribution in [2.75, 3.05) is 23.7 Å². The van der Waals surface area contributed by atoms with E-state index in [9.17, 15) is 4.79 Å². The SMILES string of the molecule is CCNC(=O)c1sc(N(CC)Cc2ccccn2)cc1N. The molecule has 0 radical (unpaired) electrons. The molecule has 0 aliphatic heterocycles. The molecule has 0 aliphatic carbocycles. The van der Waals surface area contributed by atoms with Crippen molar-refractivity contribution in [1.82, 2.24) is 10.3 Å². The lowest BCUT2D eigenvalue weighted by molar-refractivity contribution is 0.0960. The van der Waals surface area contributed by atoms with E-state index in [4.69, 9.17) is 5.73 Å². The van der Waals surface area contributed by atoms with Gasteiger partial charge < -0.3 is 16.0 Å². The molecule has 2 rings (SSSR count). The molecule has 5 nitrogen and oxygen atoms in total. The number of pyridine rings is 1. The molecule has 0 saturated heterocycles. The van der Waals surface area contributed by atoms with E-state index in [0.29, 0.717) is 23.7 Å². The van der Waals surface area contributed by atoms with Gasteiger partial charge in [-0.3, -0.25) is 9.78 Å². The summed E-state index contributed by atoms with van der Waals surface area (Å²) in [5, 5.41) is 3.77. The molecule has 112 valence electrons. The third-order valence-corrected chi connectivity index (χ3v) is 4.27. The van der Waals surface area contributed by atoms with Crippen LogP contribution in [0.25, 0.3) is 0 Å². The number of nitrogen functional groups attached to an aromatic ring is 1. The zero-order valence-corrected chi connectivity index (χ0v) is 13.1. The third kappa shape index (κ3) is 3.72. The van der Waals surface area contributed by atoms with Gasteiger partial charge in [0, 0.05) is 19.3 Å². The average Bonchev–Trinajstić information content (AvgIpc) is 2.88. The van der Waals surface area contributed by atoms with Gasteiger partial charge in [-0.25, -0.2) is 0 Å². The summed E-state index contributed by atoms with van der Waals surface area (Å²) in [6.07, 6.45) is 1.78. The number of nitrogens with two attached hydrogens (primary N) is 1. The molecular formula is C15H20N4OS. The molecular weight excluding hydrogens is 284 g/mol. The van der Waals surface area contributed by atoms with E-state index in [0.717, 1.165) is 17.2 Å². The molecule has 0 bridgehead atoms. The molecule has 0 unspecified atom stereocenters. The predicted octanol–water partition coefficient (Wildman–Crippen LogP) is 2.50. The highest BCUT2D eigenvalue weighted by atomic mass is 32.1. The maximum atomic E-state index is 11.9. The van der Waals surface area contributed by atoms with Crippen LogP contribution in [0, 0.1) is 0 Å². The Morgan fingerprint density at radius 1 is 1.43 bits per heavy atom. The highest BCUT2D eigenvalue weighted by molar-refractivity contribution is 7.18. The topological polar surface area (TPSA) is 71.2 Å². The molecule has 0 aromatic carbocycles. The summed E-state index contributed by atoms with van der Waals surface area (Å²) in [6.45, 7) is 6.08. The highest BCUT2D eigenvalue weighted by Crippen LogP contribution is 2.32. The monoisotopic (exact) mass is 304 g/mol. The number of thiophene rings is 1. The summed E-state index contributed by atoms with van der Waals surface area (Å²) in [4.78, 5) is 19.0. The molecule has 0 atom stereocenters. The van der Waals surface area contributed by atoms with Crippen LogP contribution in [0.5, 0.6) is 0 Å². The van der Waals surface area contributed by atoms with E-state index < -0.39 is 0 Å². The lowest BCUT2D eigenvalue weighted by Gasteiger charge is -2.20. The summed E-state index contributed by atoms with van der Waals surface area (Å²) >= 11 is 1.42. The minimum atomic E-state index is -0.111. The molecule has 2 aromatic heterocycles. The van der Waals surface area contributed by atoms with E-state index in [1.54, 1.807) is 6.20 Å². The third-order valence-electron chi connectivity index (χ3n) is 3.06. The van der Waals surface area contributed by atoms with Crippen LogP contribution < -0.4 is 16.0 Å². The number of amides is 1. The number of nitrogens with zero attached hydrogens (tertiary/aromatic N) is 2. The van der Waals surface area contributed by atoms with Gasteiger partial charge in [0.25, 0.3) is 5.91 Å². The first-order chi connectivity index (χ1) is 10.2. The van der Waals surface area contributed by atoms with E-state index in [1.807, 2.05) is 31.2 Å². The van der Waals surface area contributed by atoms with Gasteiger partial charge in [-0.15, -0.1) is 11.3 Å². The molecule has 0 fully saturated rings. The second-order valence-corrected chi connectivity index (χ2v) is 5.59. The Bertz CT molecular complexity index is 597. The number of aromatic nitrogens is 1. The summed E-state index contributed by atoms with van der Waals surface area (Å²) in [7, 11) is 0. The average molecular weight is 304 g/mol. The van der Waals surface area contributed by atoms with Crippen molar-refractivity contribution < 1.29 is 4.79 Å². The van der Waals surface area contributed by atoms with Crippen molar-refractivity contribution in [2.45, 2.75) is 20.4 Å². The first-order valence-electron chi connectivity index (χ1n) is 6.98. The van der Waals surface area contributed by atoms with Gasteiger partial charge in [-0.2, -0.15) is 0 Å². The van der Waals surface area contributed by atoms with Crippen molar-refractivity contribution in [2.24, 2.45) is 0 Å². The van der Waals surface area contributed by atoms with Crippen LogP contribution in [0.15, 0.2) is 30.5 Å². The van der Waals surface area contributed by atoms with Gasteiger partial charge in [-0.1, -0.05) is 6.07 Å². The zero-order valence-electron chi connectivity index (χ0n) is 12.3. The molecule has 2 heterocycles. The minimum Gasteiger partial charge on any atom is -0.397 e. The lowest BCUT2D eigenvalue weighted by atomic mass is 10.3. The second kappa shape index (κ2) is 7.08. The number of anilines is 2. The van der Waals surface area contributed by atoms with Gasteiger partial charge in [-0.05, 0) is 32.0 Å². The number of hydrogen-bond acceptors (Lipinski definition) is 5. The number of nitrogens with one attached hydrogen (secondary N) is 1. The first kappa shape index (κ1) is 15.3. The lowest BCUT2D eigenvalue weighted by Crippen LogP contribution is -2.22. The zero-order chi connectivity index (χ0) is 15.2. The predicted molar refractivity (Wildman–Crippen MR) is 87.7 cm³/mol. The molecule has 3 N–H and O–H groups in total. The van der Waals surface area contributed by atoms with Crippen molar-refractivity contribution in [3.05, 3.63) is 41.0 Å². The van der Waals surface area contributed by atoms with Crippen LogP contribution in [0.3, 0.4) is 0 Å². The molecule has 6 heteroatoms. The highest BCUT2D eigenvalue weighted by Gasteiger charge is 2.17. The Labute approximate surface area is 128 Å². The van der Waals surface area contributed by atoms with Gasteiger partial charge >= 0.3 is 0 Å². The molecule has 0 saturated carbocycles. The number of carbonyl (C=O) groups excluding carboxylic acids is 1. The fraction of sp³-hybridized carbons (Fsp3) is 0.333. The van der Waals surface area contributed by atoms with Crippen LogP contribution >= 0.6 is 11.3 Å². The van der Waals surface area contributed by atoms with Crippen molar-refractivity contribution in [1.29, 1.82) is 0 Å². The van der Waals surface area contributed by atoms with E-state index in [2.05, 4.69) is 22.1 Å². The Kier molecular flexibility index (Phi) is 5.16. The van der Waals surface area contributed by atoms with Crippen molar-refractivity contribution >= 4 is 27.9 Å². The Morgan fingerprint density at radius 3 is 2.86 bits per heavy atom. The largest absolute Gasteiger partial charge is 0.397 e. The summed E-state index contributed by atoms with van der Waals surface area (Å²) in [5.41, 5.74) is 7.49. The van der Waals surface area contributed by atoms with E-state index >= 15 is 0 Å². The summed E-state index contributed by atoms with van der Waals surface area (Å²) in [6, 6.07) is 7.72. The van der Waals surface area contributed by atoms with Gasteiger partial charge in [0.1, 0.15) is 4.88 Å². The minimum absolute atomic E-state index is 0.111. The first-order valence-corrected chi connectivity index (χ1v) is 7.79. The standard InChI is InChI=1S/C15H20N4OS/c1-3-17-15(20)14-12(16)9-13(21-14)19(4-2)10-11-7-5-6-8-18-11/h5-9H,3-4,10,16H2,1-2H3,(H,17,20). The maximum Gasteiger partial charge on any atom is 0.263 e. The fourth-order valence-electron chi connectivity index (χ4n) is 2.00. The maximum absolute atomic E-state index is 11.9. The Balaban J connectivity index is 2.19. The van der Waals surface area contributed by atoms with Crippen LogP contribution in [0.1, 0.15) is 29.2 Å². The van der Waals surface area contributed by atoms with E-state index in [-0.39, 0.29) is 5.91 Å². The van der Waals surface area contributed by atoms with Crippen LogP contribution in [-0.4, -0.2) is 24.0 Å². The second-order valence-electron chi connectivity index (χ2n) is 4.56. The van der Waals surface area contributed by atoms with Crippen LogP contribution in [0.4, 0.5) is 10.7 Å². The molecule has 0 aliphatic rings. The smallest absolute Gasteiger partial charge is 0.263 e. The van der Waals surface area contributed by atoms with Crippen LogP contribution in [0.2, 0.25) is 0 Å². The van der Waals surface area contributed by atoms with Crippen molar-refractivity contribution in [3.8, 4) is 0 Å². The van der Waals surface area contributed by atoms with Crippen molar-refractivity contribution in [3.63, 3.8) is 0 Å². The van der Waals surface area contributed by atoms with Crippen LogP contribution in [-0.2, 0) is 6.54 Å². The normalized spacial score (nSPS) is 10.4. The Morgan fingerprint density at radius 2 is 2.24 bits per heavy atom. The van der Waals surface area contributed by atoms with Gasteiger partial charge in [0.2, 0.25) is 0 Å². The van der Waals surface area contributed by atoms with Gasteiger partial charge in [0.15, 0.2) is 0 Å². The summed E-state index contributed by atoms with van der Waals surface area (Å²) < 4.78 is 0.